The van der Waals surface area contributed by atoms with Gasteiger partial charge >= 0.3 is 6.18 Å². The van der Waals surface area contributed by atoms with Gasteiger partial charge in [-0.05, 0) is 37.5 Å². The normalized spacial score (nSPS) is 13.1. The van der Waals surface area contributed by atoms with E-state index in [9.17, 15) is 18.0 Å². The van der Waals surface area contributed by atoms with Crippen LogP contribution in [0.3, 0.4) is 0 Å². The number of carbonyl (C=O) groups excluding carboxylic acids is 1. The van der Waals surface area contributed by atoms with Crippen molar-refractivity contribution in [2.75, 3.05) is 12.4 Å². The summed E-state index contributed by atoms with van der Waals surface area (Å²) in [4.78, 5) is 12.2. The van der Waals surface area contributed by atoms with Crippen molar-refractivity contribution < 1.29 is 18.0 Å². The Morgan fingerprint density at radius 1 is 1.24 bits per heavy atom. The minimum absolute atomic E-state index is 0.00271. The number of benzene rings is 1. The molecule has 0 fully saturated rings. The molecule has 1 amide bonds. The number of carbonyl (C=O) groups is 1. The first-order chi connectivity index (χ1) is 9.65. The van der Waals surface area contributed by atoms with Crippen molar-refractivity contribution in [3.8, 4) is 0 Å². The smallest absolute Gasteiger partial charge is 0.387 e. The van der Waals surface area contributed by atoms with E-state index in [1.165, 1.54) is 6.07 Å². The van der Waals surface area contributed by atoms with Crippen LogP contribution < -0.4 is 10.6 Å². The van der Waals surface area contributed by atoms with E-state index in [0.717, 1.165) is 18.6 Å². The zero-order valence-electron chi connectivity index (χ0n) is 12.6. The fourth-order valence-electron chi connectivity index (χ4n) is 2.19. The Balaban J connectivity index is 3.01. The lowest BCUT2D eigenvalue weighted by molar-refractivity contribution is -0.137. The highest BCUT2D eigenvalue weighted by Crippen LogP contribution is 2.31. The zero-order valence-corrected chi connectivity index (χ0v) is 12.6. The fourth-order valence-corrected chi connectivity index (χ4v) is 2.19. The predicted molar refractivity (Wildman–Crippen MR) is 77.4 cm³/mol. The van der Waals surface area contributed by atoms with Gasteiger partial charge in [-0.2, -0.15) is 13.2 Å². The lowest BCUT2D eigenvalue weighted by Crippen LogP contribution is -2.34. The third-order valence-corrected chi connectivity index (χ3v) is 3.06. The van der Waals surface area contributed by atoms with Gasteiger partial charge in [0.25, 0.3) is 5.91 Å². The molecule has 1 unspecified atom stereocenters. The topological polar surface area (TPSA) is 41.1 Å². The second-order valence-electron chi connectivity index (χ2n) is 5.51. The van der Waals surface area contributed by atoms with Crippen molar-refractivity contribution >= 4 is 11.6 Å². The lowest BCUT2D eigenvalue weighted by Gasteiger charge is -2.18. The molecule has 0 bridgehead atoms. The predicted octanol–water partition coefficient (Wildman–Crippen LogP) is 3.91. The molecule has 0 aliphatic rings. The average Bonchev–Trinajstić information content (AvgIpc) is 2.35. The van der Waals surface area contributed by atoms with Gasteiger partial charge in [0.1, 0.15) is 0 Å². The van der Waals surface area contributed by atoms with Crippen LogP contribution in [0.15, 0.2) is 18.2 Å². The number of nitrogens with one attached hydrogen (secondary N) is 2. The Labute approximate surface area is 122 Å². The second kappa shape index (κ2) is 6.83. The summed E-state index contributed by atoms with van der Waals surface area (Å²) in [6.45, 7) is 5.88. The Morgan fingerprint density at radius 2 is 1.86 bits per heavy atom. The second-order valence-corrected chi connectivity index (χ2v) is 5.51. The molecule has 21 heavy (non-hydrogen) atoms. The minimum atomic E-state index is -4.47. The van der Waals surface area contributed by atoms with Crippen molar-refractivity contribution in [2.24, 2.45) is 5.92 Å². The first-order valence-corrected chi connectivity index (χ1v) is 6.85. The van der Waals surface area contributed by atoms with E-state index in [2.05, 4.69) is 10.6 Å². The van der Waals surface area contributed by atoms with Crippen LogP contribution in [-0.4, -0.2) is 19.0 Å². The van der Waals surface area contributed by atoms with Gasteiger partial charge in [-0.15, -0.1) is 0 Å². The summed E-state index contributed by atoms with van der Waals surface area (Å²) in [5.41, 5.74) is -0.455. The van der Waals surface area contributed by atoms with Crippen LogP contribution in [0.4, 0.5) is 18.9 Å². The Kier molecular flexibility index (Phi) is 5.63. The molecule has 1 rings (SSSR count). The molecule has 0 aliphatic carbocycles. The van der Waals surface area contributed by atoms with Gasteiger partial charge in [0.15, 0.2) is 0 Å². The number of anilines is 1. The first kappa shape index (κ1) is 17.3. The molecule has 0 aliphatic heterocycles. The molecule has 6 heteroatoms. The molecule has 2 N–H and O–H groups in total. The van der Waals surface area contributed by atoms with Gasteiger partial charge in [-0.25, -0.2) is 0 Å². The molecule has 0 radical (unpaired) electrons. The highest BCUT2D eigenvalue weighted by molar-refractivity contribution is 6.00. The number of halogens is 3. The number of amides is 1. The molecule has 0 spiro atoms. The van der Waals surface area contributed by atoms with E-state index in [1.54, 1.807) is 7.05 Å². The van der Waals surface area contributed by atoms with Crippen molar-refractivity contribution in [1.82, 2.24) is 5.32 Å². The highest BCUT2D eigenvalue weighted by atomic mass is 19.4. The molecule has 1 aromatic rings. The summed E-state index contributed by atoms with van der Waals surface area (Å²) < 4.78 is 38.2. The van der Waals surface area contributed by atoms with Crippen LogP contribution in [-0.2, 0) is 6.18 Å². The Bertz CT molecular complexity index is 498. The van der Waals surface area contributed by atoms with Crippen molar-refractivity contribution in [1.29, 1.82) is 0 Å². The van der Waals surface area contributed by atoms with Crippen molar-refractivity contribution in [3.05, 3.63) is 29.3 Å². The maximum absolute atomic E-state index is 12.7. The maximum Gasteiger partial charge on any atom is 0.416 e. The summed E-state index contributed by atoms with van der Waals surface area (Å²) in [6.07, 6.45) is -3.70. The molecule has 1 atom stereocenters. The van der Waals surface area contributed by atoms with Gasteiger partial charge in [-0.1, -0.05) is 13.8 Å². The van der Waals surface area contributed by atoms with Crippen LogP contribution in [0, 0.1) is 5.92 Å². The first-order valence-electron chi connectivity index (χ1n) is 6.85. The van der Waals surface area contributed by atoms with Crippen LogP contribution in [0.2, 0.25) is 0 Å². The quantitative estimate of drug-likeness (QED) is 0.866. The van der Waals surface area contributed by atoms with Gasteiger partial charge in [0.05, 0.1) is 11.1 Å². The zero-order chi connectivity index (χ0) is 16.2. The van der Waals surface area contributed by atoms with Crippen LogP contribution >= 0.6 is 0 Å². The molecule has 3 nitrogen and oxygen atoms in total. The number of alkyl halides is 3. The molecular formula is C15H21F3N2O. The average molecular weight is 302 g/mol. The van der Waals surface area contributed by atoms with Crippen LogP contribution in [0.1, 0.15) is 43.1 Å². The largest absolute Gasteiger partial charge is 0.416 e. The molecule has 118 valence electrons. The van der Waals surface area contributed by atoms with E-state index >= 15 is 0 Å². The Hall–Kier alpha value is -1.72. The van der Waals surface area contributed by atoms with Crippen LogP contribution in [0.5, 0.6) is 0 Å². The monoisotopic (exact) mass is 302 g/mol. The Morgan fingerprint density at radius 3 is 2.33 bits per heavy atom. The molecule has 1 aromatic carbocycles. The summed E-state index contributed by atoms with van der Waals surface area (Å²) in [5.74, 6) is -0.107. The molecule has 0 saturated heterocycles. The van der Waals surface area contributed by atoms with E-state index in [0.29, 0.717) is 11.6 Å². The van der Waals surface area contributed by atoms with Gasteiger partial charge in [0.2, 0.25) is 0 Å². The van der Waals surface area contributed by atoms with E-state index < -0.39 is 17.6 Å². The molecule has 0 saturated carbocycles. The number of hydrogen-bond donors (Lipinski definition) is 2. The highest BCUT2D eigenvalue weighted by Gasteiger charge is 2.31. The third kappa shape index (κ3) is 4.95. The molecule has 0 heterocycles. The van der Waals surface area contributed by atoms with E-state index in [4.69, 9.17) is 0 Å². The van der Waals surface area contributed by atoms with Gasteiger partial charge in [-0.3, -0.25) is 4.79 Å². The summed E-state index contributed by atoms with van der Waals surface area (Å²) in [5, 5.41) is 5.48. The van der Waals surface area contributed by atoms with E-state index in [-0.39, 0.29) is 11.6 Å². The summed E-state index contributed by atoms with van der Waals surface area (Å²) in [7, 11) is 1.57. The summed E-state index contributed by atoms with van der Waals surface area (Å²) >= 11 is 0. The molecular weight excluding hydrogens is 281 g/mol. The third-order valence-electron chi connectivity index (χ3n) is 3.06. The van der Waals surface area contributed by atoms with Gasteiger partial charge < -0.3 is 10.6 Å². The van der Waals surface area contributed by atoms with Crippen molar-refractivity contribution in [3.63, 3.8) is 0 Å². The van der Waals surface area contributed by atoms with E-state index in [1.807, 2.05) is 20.8 Å². The fraction of sp³-hybridized carbons (Fsp3) is 0.533. The summed E-state index contributed by atoms with van der Waals surface area (Å²) in [6, 6.07) is 3.01. The lowest BCUT2D eigenvalue weighted by atomic mass is 10.0. The minimum Gasteiger partial charge on any atom is -0.387 e. The number of rotatable bonds is 5. The number of hydrogen-bond acceptors (Lipinski definition) is 2. The van der Waals surface area contributed by atoms with Crippen molar-refractivity contribution in [2.45, 2.75) is 39.4 Å². The SMILES string of the molecule is CNc1ccc(C(F)(F)F)cc1C(=O)NC(C)CC(C)C. The van der Waals surface area contributed by atoms with Crippen LogP contribution in [0.25, 0.3) is 0 Å². The maximum atomic E-state index is 12.7. The standard InChI is InChI=1S/C15H21F3N2O/c1-9(2)7-10(3)20-14(21)12-8-11(15(16,17)18)5-6-13(12)19-4/h5-6,8-10,19H,7H2,1-4H3,(H,20,21). The molecule has 0 aromatic heterocycles. The van der Waals surface area contributed by atoms with Gasteiger partial charge in [0, 0.05) is 18.8 Å².